The molecule has 1 saturated heterocycles. The smallest absolute Gasteiger partial charge is 0.306 e. The lowest BCUT2D eigenvalue weighted by molar-refractivity contribution is -0.146. The number of fused-ring (bicyclic) bond motifs is 2. The molecule has 0 spiro atoms. The highest BCUT2D eigenvalue weighted by atomic mass is 16.5. The molecule has 2 aliphatic heterocycles. The summed E-state index contributed by atoms with van der Waals surface area (Å²) in [5.74, 6) is -0.0869. The first-order valence-electron chi connectivity index (χ1n) is 9.20. The number of rotatable bonds is 4. The molecule has 1 aromatic carbocycles. The number of carbonyl (C=O) groups excluding carboxylic acids is 1. The molecule has 0 bridgehead atoms. The Balaban J connectivity index is 1.43. The Labute approximate surface area is 155 Å². The SMILES string of the molecule is O=C(O)C1CCN(C(=O)COc2ccc3nc4n(c(=O)c3c2)CCC4)CC1. The van der Waals surface area contributed by atoms with Gasteiger partial charge in [-0.15, -0.1) is 0 Å². The fourth-order valence-electron chi connectivity index (χ4n) is 3.76. The van der Waals surface area contributed by atoms with E-state index in [4.69, 9.17) is 9.84 Å². The van der Waals surface area contributed by atoms with E-state index in [2.05, 4.69) is 4.98 Å². The number of hydrogen-bond acceptors (Lipinski definition) is 5. The number of hydrogen-bond donors (Lipinski definition) is 1. The largest absolute Gasteiger partial charge is 0.484 e. The topological polar surface area (TPSA) is 102 Å². The highest BCUT2D eigenvalue weighted by Crippen LogP contribution is 2.21. The van der Waals surface area contributed by atoms with Gasteiger partial charge >= 0.3 is 5.97 Å². The van der Waals surface area contributed by atoms with Gasteiger partial charge in [0, 0.05) is 26.1 Å². The van der Waals surface area contributed by atoms with Crippen molar-refractivity contribution in [1.82, 2.24) is 14.5 Å². The summed E-state index contributed by atoms with van der Waals surface area (Å²) in [5, 5.41) is 9.52. The van der Waals surface area contributed by atoms with Gasteiger partial charge in [-0.3, -0.25) is 19.0 Å². The second-order valence-electron chi connectivity index (χ2n) is 7.05. The number of nitrogens with zero attached hydrogens (tertiary/aromatic N) is 3. The highest BCUT2D eigenvalue weighted by molar-refractivity contribution is 5.80. The number of likely N-dealkylation sites (tertiary alicyclic amines) is 1. The number of aliphatic carboxylic acids is 1. The van der Waals surface area contributed by atoms with Crippen molar-refractivity contribution < 1.29 is 19.4 Å². The minimum Gasteiger partial charge on any atom is -0.484 e. The lowest BCUT2D eigenvalue weighted by Gasteiger charge is -2.30. The summed E-state index contributed by atoms with van der Waals surface area (Å²) in [6.45, 7) is 1.40. The van der Waals surface area contributed by atoms with Crippen LogP contribution < -0.4 is 10.3 Å². The fraction of sp³-hybridized carbons (Fsp3) is 0.474. The van der Waals surface area contributed by atoms with E-state index in [-0.39, 0.29) is 24.0 Å². The first-order valence-corrected chi connectivity index (χ1v) is 9.20. The number of benzene rings is 1. The molecule has 0 atom stereocenters. The van der Waals surface area contributed by atoms with Gasteiger partial charge in [-0.05, 0) is 37.5 Å². The van der Waals surface area contributed by atoms with Crippen LogP contribution in [0.15, 0.2) is 23.0 Å². The number of aromatic nitrogens is 2. The summed E-state index contributed by atoms with van der Waals surface area (Å²) in [6.07, 6.45) is 2.67. The van der Waals surface area contributed by atoms with Crippen LogP contribution >= 0.6 is 0 Å². The van der Waals surface area contributed by atoms with E-state index in [1.807, 2.05) is 0 Å². The van der Waals surface area contributed by atoms with Gasteiger partial charge in [-0.1, -0.05) is 0 Å². The molecule has 1 N–H and O–H groups in total. The monoisotopic (exact) mass is 371 g/mol. The van der Waals surface area contributed by atoms with E-state index in [0.717, 1.165) is 18.7 Å². The molecule has 0 aliphatic carbocycles. The lowest BCUT2D eigenvalue weighted by atomic mass is 9.97. The van der Waals surface area contributed by atoms with Gasteiger partial charge in [0.15, 0.2) is 6.61 Å². The number of ether oxygens (including phenoxy) is 1. The third kappa shape index (κ3) is 3.39. The van der Waals surface area contributed by atoms with E-state index in [0.29, 0.717) is 49.1 Å². The number of amides is 1. The third-order valence-electron chi connectivity index (χ3n) is 5.35. The third-order valence-corrected chi connectivity index (χ3v) is 5.35. The Morgan fingerprint density at radius 2 is 2.00 bits per heavy atom. The van der Waals surface area contributed by atoms with Gasteiger partial charge < -0.3 is 14.7 Å². The lowest BCUT2D eigenvalue weighted by Crippen LogP contribution is -2.42. The van der Waals surface area contributed by atoms with Gasteiger partial charge in [0.25, 0.3) is 11.5 Å². The molecule has 3 heterocycles. The highest BCUT2D eigenvalue weighted by Gasteiger charge is 2.27. The molecule has 142 valence electrons. The molecule has 0 radical (unpaired) electrons. The van der Waals surface area contributed by atoms with Crippen molar-refractivity contribution >= 4 is 22.8 Å². The Hall–Kier alpha value is -2.90. The van der Waals surface area contributed by atoms with E-state index < -0.39 is 5.97 Å². The molecule has 0 unspecified atom stereocenters. The number of piperidine rings is 1. The summed E-state index contributed by atoms with van der Waals surface area (Å²) >= 11 is 0. The summed E-state index contributed by atoms with van der Waals surface area (Å²) in [7, 11) is 0. The van der Waals surface area contributed by atoms with Crippen molar-refractivity contribution in [3.8, 4) is 5.75 Å². The molecule has 1 fully saturated rings. The van der Waals surface area contributed by atoms with Gasteiger partial charge in [-0.25, -0.2) is 4.98 Å². The van der Waals surface area contributed by atoms with Crippen LogP contribution in [-0.2, 0) is 22.6 Å². The zero-order valence-corrected chi connectivity index (χ0v) is 14.9. The summed E-state index contributed by atoms with van der Waals surface area (Å²) in [5.41, 5.74) is 0.572. The zero-order valence-electron chi connectivity index (χ0n) is 14.9. The summed E-state index contributed by atoms with van der Waals surface area (Å²) in [6, 6.07) is 5.10. The molecule has 0 saturated carbocycles. The van der Waals surface area contributed by atoms with E-state index >= 15 is 0 Å². The number of carbonyl (C=O) groups is 2. The molecular formula is C19H21N3O5. The average molecular weight is 371 g/mol. The predicted octanol–water partition coefficient (Wildman–Crippen LogP) is 1.04. The van der Waals surface area contributed by atoms with Crippen LogP contribution in [0.4, 0.5) is 0 Å². The van der Waals surface area contributed by atoms with Crippen LogP contribution in [0, 0.1) is 5.92 Å². The van der Waals surface area contributed by atoms with Crippen LogP contribution in [0.5, 0.6) is 5.75 Å². The van der Waals surface area contributed by atoms with Crippen molar-refractivity contribution in [3.05, 3.63) is 34.4 Å². The Morgan fingerprint density at radius 1 is 1.22 bits per heavy atom. The van der Waals surface area contributed by atoms with Gasteiger partial charge in [0.2, 0.25) is 0 Å². The Morgan fingerprint density at radius 3 is 2.74 bits per heavy atom. The van der Waals surface area contributed by atoms with Crippen molar-refractivity contribution in [3.63, 3.8) is 0 Å². The number of aryl methyl sites for hydroxylation is 1. The van der Waals surface area contributed by atoms with E-state index in [1.165, 1.54) is 0 Å². The van der Waals surface area contributed by atoms with Crippen LogP contribution in [0.25, 0.3) is 10.9 Å². The molecular weight excluding hydrogens is 350 g/mol. The second kappa shape index (κ2) is 7.02. The van der Waals surface area contributed by atoms with E-state index in [9.17, 15) is 14.4 Å². The Kier molecular flexibility index (Phi) is 4.55. The van der Waals surface area contributed by atoms with Crippen LogP contribution in [0.2, 0.25) is 0 Å². The summed E-state index contributed by atoms with van der Waals surface area (Å²) in [4.78, 5) is 42.0. The quantitative estimate of drug-likeness (QED) is 0.862. The van der Waals surface area contributed by atoms with Crippen molar-refractivity contribution in [2.24, 2.45) is 5.92 Å². The molecule has 2 aromatic rings. The molecule has 1 aromatic heterocycles. The minimum absolute atomic E-state index is 0.0694. The Bertz CT molecular complexity index is 960. The van der Waals surface area contributed by atoms with Crippen LogP contribution in [0.3, 0.4) is 0 Å². The zero-order chi connectivity index (χ0) is 19.0. The molecule has 1 amide bonds. The molecule has 4 rings (SSSR count). The van der Waals surface area contributed by atoms with Crippen molar-refractivity contribution in [2.75, 3.05) is 19.7 Å². The molecule has 27 heavy (non-hydrogen) atoms. The molecule has 8 heteroatoms. The van der Waals surface area contributed by atoms with Gasteiger partial charge in [-0.2, -0.15) is 0 Å². The first-order chi connectivity index (χ1) is 13.0. The number of carboxylic acid groups (broad SMARTS) is 1. The number of carboxylic acids is 1. The maximum atomic E-state index is 12.6. The molecule has 8 nitrogen and oxygen atoms in total. The fourth-order valence-corrected chi connectivity index (χ4v) is 3.76. The molecule has 2 aliphatic rings. The summed E-state index contributed by atoms with van der Waals surface area (Å²) < 4.78 is 7.29. The van der Waals surface area contributed by atoms with Crippen molar-refractivity contribution in [1.29, 1.82) is 0 Å². The van der Waals surface area contributed by atoms with Gasteiger partial charge in [0.05, 0.1) is 16.8 Å². The van der Waals surface area contributed by atoms with Crippen LogP contribution in [0.1, 0.15) is 25.1 Å². The normalized spacial score (nSPS) is 17.1. The maximum absolute atomic E-state index is 12.6. The van der Waals surface area contributed by atoms with Crippen LogP contribution in [-0.4, -0.2) is 51.1 Å². The predicted molar refractivity (Wildman–Crippen MR) is 96.8 cm³/mol. The van der Waals surface area contributed by atoms with Crippen molar-refractivity contribution in [2.45, 2.75) is 32.2 Å². The minimum atomic E-state index is -0.805. The maximum Gasteiger partial charge on any atom is 0.306 e. The average Bonchev–Trinajstić information content (AvgIpc) is 3.15. The van der Waals surface area contributed by atoms with E-state index in [1.54, 1.807) is 27.7 Å². The van der Waals surface area contributed by atoms with Gasteiger partial charge in [0.1, 0.15) is 11.6 Å². The second-order valence-corrected chi connectivity index (χ2v) is 7.05. The first kappa shape index (κ1) is 17.5. The standard InChI is InChI=1S/C19H21N3O5/c23-17(21-8-5-12(6-9-21)19(25)26)11-27-13-3-4-15-14(10-13)18(24)22-7-1-2-16(22)20-15/h3-4,10,12H,1-2,5-9,11H2,(H,25,26).